The lowest BCUT2D eigenvalue weighted by atomic mass is 9.88. The molecule has 0 fully saturated rings. The van der Waals surface area contributed by atoms with Crippen molar-refractivity contribution >= 4 is 56.2 Å². The van der Waals surface area contributed by atoms with Crippen molar-refractivity contribution in [1.82, 2.24) is 19.9 Å². The molecule has 8 bridgehead atoms. The number of aryl methyl sites for hydroxylation is 8. The van der Waals surface area contributed by atoms with Gasteiger partial charge in [-0.25, -0.2) is 9.97 Å². The lowest BCUT2D eigenvalue weighted by Gasteiger charge is -2.14. The molecule has 480 valence electrons. The van der Waals surface area contributed by atoms with Crippen LogP contribution in [0, 0.1) is 6.92 Å². The van der Waals surface area contributed by atoms with Crippen LogP contribution < -0.4 is 0 Å². The Balaban J connectivity index is 1.39. The van der Waals surface area contributed by atoms with Gasteiger partial charge in [-0.15, -0.1) is 0 Å². The predicted octanol–water partition coefficient (Wildman–Crippen LogP) is 26.3. The maximum absolute atomic E-state index is 6.07. The molecule has 4 aromatic carbocycles. The number of aromatic nitrogens is 4. The van der Waals surface area contributed by atoms with Crippen molar-refractivity contribution in [3.63, 3.8) is 0 Å². The Morgan fingerprint density at radius 2 is 0.494 bits per heavy atom. The Morgan fingerprint density at radius 3 is 0.787 bits per heavy atom. The second kappa shape index (κ2) is 36.2. The largest absolute Gasteiger partial charge is 0.354 e. The molecule has 0 atom stereocenters. The first-order chi connectivity index (χ1) is 43.8. The first kappa shape index (κ1) is 68.2. The zero-order valence-electron chi connectivity index (χ0n) is 57.3. The molecule has 0 amide bonds. The number of benzene rings is 4. The number of fused-ring (bicyclic) bond motifs is 20. The first-order valence-corrected chi connectivity index (χ1v) is 38.0. The van der Waals surface area contributed by atoms with Gasteiger partial charge in [0, 0.05) is 65.9 Å². The highest BCUT2D eigenvalue weighted by Crippen LogP contribution is 2.47. The van der Waals surface area contributed by atoms with E-state index in [1.807, 2.05) is 0 Å². The van der Waals surface area contributed by atoms with Crippen molar-refractivity contribution in [3.05, 3.63) is 117 Å². The third-order valence-electron chi connectivity index (χ3n) is 20.3. The van der Waals surface area contributed by atoms with Gasteiger partial charge in [-0.3, -0.25) is 0 Å². The van der Waals surface area contributed by atoms with Crippen LogP contribution in [0.5, 0.6) is 0 Å². The fourth-order valence-electron chi connectivity index (χ4n) is 15.3. The number of rotatable bonds is 41. The minimum Gasteiger partial charge on any atom is -0.354 e. The van der Waals surface area contributed by atoms with Gasteiger partial charge in [0.2, 0.25) is 0 Å². The van der Waals surface area contributed by atoms with Crippen molar-refractivity contribution in [2.45, 2.75) is 305 Å². The Bertz CT molecular complexity index is 3520. The molecule has 0 saturated carbocycles. The SMILES string of the molecule is CCCCCCc1ccc(CCCCCC)c2c1-c1cc3[nH]c(cc4nc(cc5[nH]c(cc-2n1)c1c(CCCCCC)ccc(CCCCCC)c51)-c1c(CCCCCC)ccc(CCCCCC)c1-4)c1c(CCCCCCCCCCCS)ccc(C)c31. The minimum absolute atomic E-state index is 1.01. The number of nitrogens with one attached hydrogen (secondary N) is 2. The van der Waals surface area contributed by atoms with E-state index in [1.165, 1.54) is 322 Å². The lowest BCUT2D eigenvalue weighted by molar-refractivity contribution is 0.566. The third-order valence-corrected chi connectivity index (χ3v) is 20.6. The number of hydrogen-bond acceptors (Lipinski definition) is 3. The number of thiol groups is 1. The smallest absolute Gasteiger partial charge is 0.0740 e. The van der Waals surface area contributed by atoms with Gasteiger partial charge < -0.3 is 9.97 Å². The van der Waals surface area contributed by atoms with Gasteiger partial charge in [0.25, 0.3) is 0 Å². The molecule has 4 nitrogen and oxygen atoms in total. The van der Waals surface area contributed by atoms with Crippen LogP contribution in [0.4, 0.5) is 0 Å². The summed E-state index contributed by atoms with van der Waals surface area (Å²) in [6.07, 6.45) is 49.0. The van der Waals surface area contributed by atoms with Crippen molar-refractivity contribution in [1.29, 1.82) is 0 Å². The van der Waals surface area contributed by atoms with Crippen molar-refractivity contribution in [3.8, 4) is 45.0 Å². The second-order valence-electron chi connectivity index (χ2n) is 27.5. The zero-order chi connectivity index (χ0) is 62.2. The van der Waals surface area contributed by atoms with E-state index in [9.17, 15) is 0 Å². The summed E-state index contributed by atoms with van der Waals surface area (Å²) in [5.41, 5.74) is 26.4. The molecule has 5 heterocycles. The van der Waals surface area contributed by atoms with Crippen molar-refractivity contribution in [2.24, 2.45) is 0 Å². The lowest BCUT2D eigenvalue weighted by Crippen LogP contribution is -1.97. The number of hydrogen-bond donors (Lipinski definition) is 3. The highest BCUT2D eigenvalue weighted by atomic mass is 32.1. The van der Waals surface area contributed by atoms with E-state index < -0.39 is 0 Å². The number of unbranched alkanes of at least 4 members (excludes halogenated alkanes) is 26. The molecule has 0 aliphatic carbocycles. The van der Waals surface area contributed by atoms with E-state index >= 15 is 0 Å². The van der Waals surface area contributed by atoms with E-state index in [1.54, 1.807) is 0 Å². The second-order valence-corrected chi connectivity index (χ2v) is 27.9. The molecule has 3 aromatic heterocycles. The summed E-state index contributed by atoms with van der Waals surface area (Å²) in [7, 11) is 0. The van der Waals surface area contributed by atoms with Crippen LogP contribution in [0.2, 0.25) is 0 Å². The zero-order valence-corrected chi connectivity index (χ0v) is 58.2. The van der Waals surface area contributed by atoms with Crippen molar-refractivity contribution in [2.75, 3.05) is 5.75 Å². The number of aromatic amines is 2. The molecule has 0 saturated heterocycles. The van der Waals surface area contributed by atoms with Gasteiger partial charge >= 0.3 is 0 Å². The highest BCUT2D eigenvalue weighted by molar-refractivity contribution is 7.80. The van der Waals surface area contributed by atoms with Crippen LogP contribution in [-0.4, -0.2) is 25.7 Å². The molecule has 0 spiro atoms. The standard InChI is InChI=1S/C84H118N4S/c1-8-14-20-33-41-63-50-51-65(43-35-22-16-10-3)81-73-59-75-83-67(45-37-24-18-12-5)54-55-68(46-38-25-19-13-6)84(83)76(88-75)60-74-82-66(44-36-23-17-11-4)53-52-64(42-34-21-15-9-2)80(82)72(87-74)58-70-78-62(47-39-31-29-27-26-28-30-32-40-56-89)49-48-61(7)77(78)69(85-70)57-71(86-73)79(63)81/h48-55,57-60,85,88-89H,8-47,56H2,1-7H3. The predicted molar refractivity (Wildman–Crippen MR) is 396 cm³/mol. The van der Waals surface area contributed by atoms with E-state index in [2.05, 4.69) is 144 Å². The third kappa shape index (κ3) is 17.7. The molecule has 7 aromatic rings. The van der Waals surface area contributed by atoms with Crippen LogP contribution >= 0.6 is 12.6 Å². The summed E-state index contributed by atoms with van der Waals surface area (Å²) in [6, 6.07) is 30.2. The fourth-order valence-corrected chi connectivity index (χ4v) is 15.5. The van der Waals surface area contributed by atoms with Gasteiger partial charge in [0.05, 0.1) is 22.8 Å². The highest BCUT2D eigenvalue weighted by Gasteiger charge is 2.28. The fraction of sp³-hybridized carbons (Fsp3) is 0.571. The Morgan fingerprint density at radius 1 is 0.270 bits per heavy atom. The van der Waals surface area contributed by atoms with Gasteiger partial charge in [-0.2, -0.15) is 12.6 Å². The molecule has 0 radical (unpaired) electrons. The van der Waals surface area contributed by atoms with Crippen LogP contribution in [0.15, 0.2) is 72.8 Å². The summed E-state index contributed by atoms with van der Waals surface area (Å²) < 4.78 is 0. The first-order valence-electron chi connectivity index (χ1n) is 37.4. The van der Waals surface area contributed by atoms with E-state index in [-0.39, 0.29) is 0 Å². The Kier molecular flexibility index (Phi) is 27.8. The average Bonchev–Trinajstić information content (AvgIpc) is 1.66. The number of H-pyrrole nitrogens is 2. The van der Waals surface area contributed by atoms with Gasteiger partial charge in [0.15, 0.2) is 0 Å². The molecule has 9 rings (SSSR count). The minimum atomic E-state index is 1.01. The molecule has 0 unspecified atom stereocenters. The molecule has 2 N–H and O–H groups in total. The van der Waals surface area contributed by atoms with E-state index in [0.29, 0.717) is 0 Å². The maximum atomic E-state index is 6.07. The van der Waals surface area contributed by atoms with Gasteiger partial charge in [0.1, 0.15) is 0 Å². The topological polar surface area (TPSA) is 57.4 Å². The monoisotopic (exact) mass is 1210 g/mol. The van der Waals surface area contributed by atoms with E-state index in [4.69, 9.17) is 9.97 Å². The van der Waals surface area contributed by atoms with Crippen LogP contribution in [0.3, 0.4) is 0 Å². The molecule has 89 heavy (non-hydrogen) atoms. The van der Waals surface area contributed by atoms with Crippen LogP contribution in [0.25, 0.3) is 88.6 Å². The van der Waals surface area contributed by atoms with Crippen LogP contribution in [-0.2, 0) is 44.9 Å². The summed E-state index contributed by atoms with van der Waals surface area (Å²) in [6.45, 7) is 16.4. The average molecular weight is 1220 g/mol. The summed E-state index contributed by atoms with van der Waals surface area (Å²) in [5.74, 6) is 1.01. The molecule has 2 aliphatic rings. The normalized spacial score (nSPS) is 12.1. The van der Waals surface area contributed by atoms with Crippen molar-refractivity contribution < 1.29 is 0 Å². The number of nitrogens with zero attached hydrogens (tertiary/aromatic N) is 2. The Hall–Kier alpha value is -5.13. The maximum Gasteiger partial charge on any atom is 0.0740 e. The summed E-state index contributed by atoms with van der Waals surface area (Å²) in [4.78, 5) is 20.7. The molecular weight excluding hydrogens is 1100 g/mol. The van der Waals surface area contributed by atoms with Gasteiger partial charge in [-0.1, -0.05) is 251 Å². The summed E-state index contributed by atoms with van der Waals surface area (Å²) >= 11 is 4.46. The Labute approximate surface area is 546 Å². The molecule has 2 aliphatic heterocycles. The molecular formula is C84H118N4S. The quantitative estimate of drug-likeness (QED) is 0.0264. The van der Waals surface area contributed by atoms with E-state index in [0.717, 1.165) is 73.5 Å². The summed E-state index contributed by atoms with van der Waals surface area (Å²) in [5, 5.41) is 5.55. The van der Waals surface area contributed by atoms with Crippen LogP contribution in [0.1, 0.15) is 298 Å². The molecule has 5 heteroatoms. The van der Waals surface area contributed by atoms with Gasteiger partial charge in [-0.05, 0) is 178 Å².